The van der Waals surface area contributed by atoms with E-state index in [1.807, 2.05) is 42.5 Å². The highest BCUT2D eigenvalue weighted by Gasteiger charge is 2.25. The lowest BCUT2D eigenvalue weighted by atomic mass is 10.1. The van der Waals surface area contributed by atoms with E-state index >= 15 is 0 Å². The summed E-state index contributed by atoms with van der Waals surface area (Å²) in [6.07, 6.45) is 2.21. The quantitative estimate of drug-likeness (QED) is 0.693. The van der Waals surface area contributed by atoms with Crippen molar-refractivity contribution in [3.05, 3.63) is 77.9 Å². The van der Waals surface area contributed by atoms with E-state index in [4.69, 9.17) is 0 Å². The van der Waals surface area contributed by atoms with E-state index in [0.29, 0.717) is 30.8 Å². The molecule has 27 heavy (non-hydrogen) atoms. The minimum Gasteiger partial charge on any atom is -0.336 e. The number of hydrogen-bond donors (Lipinski definition) is 0. The van der Waals surface area contributed by atoms with Crippen LogP contribution in [0.2, 0.25) is 0 Å². The molecule has 2 heterocycles. The maximum Gasteiger partial charge on any atom is 0.276 e. The maximum absolute atomic E-state index is 14.1. The fraction of sp³-hybridized carbons (Fsp3) is 0.250. The highest BCUT2D eigenvalue weighted by atomic mass is 32.2. The van der Waals surface area contributed by atoms with E-state index < -0.39 is 0 Å². The van der Waals surface area contributed by atoms with Gasteiger partial charge in [-0.2, -0.15) is 21.7 Å². The van der Waals surface area contributed by atoms with E-state index in [9.17, 15) is 9.18 Å². The van der Waals surface area contributed by atoms with Crippen LogP contribution in [0.25, 0.3) is 5.69 Å². The average molecular weight is 382 g/mol. The van der Waals surface area contributed by atoms with Crippen LogP contribution in [0, 0.1) is 5.82 Å². The minimum atomic E-state index is -0.180. The van der Waals surface area contributed by atoms with E-state index in [0.717, 1.165) is 11.4 Å². The molecule has 1 amide bonds. The fourth-order valence-electron chi connectivity index (χ4n) is 3.17. The van der Waals surface area contributed by atoms with Gasteiger partial charge >= 0.3 is 0 Å². The number of hydrogen-bond acceptors (Lipinski definition) is 4. The number of carbonyl (C=O) groups excluding carboxylic acids is 1. The number of para-hydroxylation sites is 1. The zero-order valence-electron chi connectivity index (χ0n) is 14.7. The Morgan fingerprint density at radius 2 is 1.85 bits per heavy atom. The molecule has 0 radical (unpaired) electrons. The standard InChI is InChI=1S/C20H19FN4OS/c21-17-9-5-4-8-16(17)19-10-11-24(12-13-27-19)20(26)18-14-22-25(23-18)15-6-2-1-3-7-15/h1-9,14,19H,10-13H2. The Labute approximate surface area is 161 Å². The molecule has 3 aromatic rings. The Balaban J connectivity index is 1.46. The molecule has 0 N–H and O–H groups in total. The van der Waals surface area contributed by atoms with E-state index in [2.05, 4.69) is 10.2 Å². The predicted molar refractivity (Wildman–Crippen MR) is 103 cm³/mol. The second-order valence-corrected chi connectivity index (χ2v) is 7.63. The minimum absolute atomic E-state index is 0.0593. The molecule has 2 aromatic carbocycles. The first-order chi connectivity index (χ1) is 13.2. The van der Waals surface area contributed by atoms with Crippen LogP contribution in [0.5, 0.6) is 0 Å². The van der Waals surface area contributed by atoms with Crippen LogP contribution in [0.15, 0.2) is 60.8 Å². The van der Waals surface area contributed by atoms with Gasteiger partial charge in [-0.05, 0) is 24.6 Å². The van der Waals surface area contributed by atoms with Gasteiger partial charge in [-0.15, -0.1) is 5.10 Å². The van der Waals surface area contributed by atoms with E-state index in [1.54, 1.807) is 22.7 Å². The van der Waals surface area contributed by atoms with Crippen LogP contribution < -0.4 is 0 Å². The van der Waals surface area contributed by atoms with Crippen LogP contribution in [-0.2, 0) is 0 Å². The van der Waals surface area contributed by atoms with Crippen molar-refractivity contribution in [3.8, 4) is 5.69 Å². The van der Waals surface area contributed by atoms with Crippen molar-refractivity contribution in [1.29, 1.82) is 0 Å². The SMILES string of the molecule is O=C(c1cnn(-c2ccccc2)n1)N1CCSC(c2ccccc2F)CC1. The summed E-state index contributed by atoms with van der Waals surface area (Å²) in [4.78, 5) is 16.1. The van der Waals surface area contributed by atoms with Crippen molar-refractivity contribution in [2.75, 3.05) is 18.8 Å². The Morgan fingerprint density at radius 1 is 1.07 bits per heavy atom. The Hall–Kier alpha value is -2.67. The van der Waals surface area contributed by atoms with Gasteiger partial charge in [0.15, 0.2) is 5.69 Å². The summed E-state index contributed by atoms with van der Waals surface area (Å²) >= 11 is 1.69. The number of amides is 1. The van der Waals surface area contributed by atoms with Gasteiger partial charge in [0.2, 0.25) is 0 Å². The van der Waals surface area contributed by atoms with Gasteiger partial charge in [0.25, 0.3) is 5.91 Å². The van der Waals surface area contributed by atoms with Crippen LogP contribution in [0.3, 0.4) is 0 Å². The highest BCUT2D eigenvalue weighted by Crippen LogP contribution is 2.35. The van der Waals surface area contributed by atoms with Gasteiger partial charge in [-0.3, -0.25) is 4.79 Å². The lowest BCUT2D eigenvalue weighted by Crippen LogP contribution is -2.33. The Morgan fingerprint density at radius 3 is 2.67 bits per heavy atom. The van der Waals surface area contributed by atoms with Gasteiger partial charge in [0, 0.05) is 29.7 Å². The molecule has 0 saturated carbocycles. The Kier molecular flexibility index (Phi) is 5.20. The number of halogens is 1. The fourth-order valence-corrected chi connectivity index (χ4v) is 4.42. The third-order valence-corrected chi connectivity index (χ3v) is 5.89. The first kappa shape index (κ1) is 17.7. The molecule has 1 saturated heterocycles. The molecular formula is C20H19FN4OS. The molecule has 1 aliphatic heterocycles. The number of nitrogens with zero attached hydrogens (tertiary/aromatic N) is 4. The van der Waals surface area contributed by atoms with Crippen LogP contribution in [0.1, 0.15) is 27.7 Å². The van der Waals surface area contributed by atoms with E-state index in [-0.39, 0.29) is 17.0 Å². The van der Waals surface area contributed by atoms with Gasteiger partial charge < -0.3 is 4.90 Å². The number of carbonyl (C=O) groups is 1. The third-order valence-electron chi connectivity index (χ3n) is 4.58. The largest absolute Gasteiger partial charge is 0.336 e. The molecular weight excluding hydrogens is 363 g/mol. The van der Waals surface area contributed by atoms with E-state index in [1.165, 1.54) is 17.1 Å². The summed E-state index contributed by atoms with van der Waals surface area (Å²) in [5, 5.41) is 8.59. The zero-order valence-corrected chi connectivity index (χ0v) is 15.5. The second kappa shape index (κ2) is 7.92. The summed E-state index contributed by atoms with van der Waals surface area (Å²) in [7, 11) is 0. The molecule has 0 aliphatic carbocycles. The number of benzene rings is 2. The molecule has 4 rings (SSSR count). The molecule has 1 aliphatic rings. The molecule has 0 spiro atoms. The molecule has 0 bridgehead atoms. The molecule has 5 nitrogen and oxygen atoms in total. The molecule has 1 unspecified atom stereocenters. The van der Waals surface area contributed by atoms with Gasteiger partial charge in [0.05, 0.1) is 11.9 Å². The molecule has 1 fully saturated rings. The van der Waals surface area contributed by atoms with Crippen LogP contribution >= 0.6 is 11.8 Å². The van der Waals surface area contributed by atoms with Crippen molar-refractivity contribution < 1.29 is 9.18 Å². The molecule has 1 atom stereocenters. The first-order valence-corrected chi connectivity index (χ1v) is 9.90. The van der Waals surface area contributed by atoms with Crippen LogP contribution in [-0.4, -0.2) is 44.6 Å². The number of thioether (sulfide) groups is 1. The van der Waals surface area contributed by atoms with Crippen molar-refractivity contribution >= 4 is 17.7 Å². The van der Waals surface area contributed by atoms with Gasteiger partial charge in [-0.25, -0.2) is 4.39 Å². The summed E-state index contributed by atoms with van der Waals surface area (Å²) in [5.74, 6) is 0.449. The maximum atomic E-state index is 14.1. The van der Waals surface area contributed by atoms with Gasteiger partial charge in [0.1, 0.15) is 5.82 Å². The topological polar surface area (TPSA) is 51.0 Å². The number of rotatable bonds is 3. The smallest absolute Gasteiger partial charge is 0.276 e. The van der Waals surface area contributed by atoms with Crippen molar-refractivity contribution in [1.82, 2.24) is 19.9 Å². The molecule has 138 valence electrons. The summed E-state index contributed by atoms with van der Waals surface area (Å²) in [6.45, 7) is 1.19. The summed E-state index contributed by atoms with van der Waals surface area (Å²) in [6, 6.07) is 16.4. The van der Waals surface area contributed by atoms with Crippen molar-refractivity contribution in [2.45, 2.75) is 11.7 Å². The average Bonchev–Trinajstić information content (AvgIpc) is 3.07. The molecule has 7 heteroatoms. The predicted octanol–water partition coefficient (Wildman–Crippen LogP) is 3.73. The van der Waals surface area contributed by atoms with Crippen molar-refractivity contribution in [3.63, 3.8) is 0 Å². The summed E-state index contributed by atoms with van der Waals surface area (Å²) < 4.78 is 14.1. The first-order valence-electron chi connectivity index (χ1n) is 8.85. The highest BCUT2D eigenvalue weighted by molar-refractivity contribution is 7.99. The van der Waals surface area contributed by atoms with Gasteiger partial charge in [-0.1, -0.05) is 36.4 Å². The zero-order chi connectivity index (χ0) is 18.6. The van der Waals surface area contributed by atoms with Crippen LogP contribution in [0.4, 0.5) is 4.39 Å². The normalized spacial score (nSPS) is 17.5. The van der Waals surface area contributed by atoms with Crippen molar-refractivity contribution in [2.24, 2.45) is 0 Å². The summed E-state index contributed by atoms with van der Waals surface area (Å²) in [5.41, 5.74) is 1.85. The lowest BCUT2D eigenvalue weighted by molar-refractivity contribution is 0.0760. The monoisotopic (exact) mass is 382 g/mol. The Bertz CT molecular complexity index is 930. The lowest BCUT2D eigenvalue weighted by Gasteiger charge is -2.19. The second-order valence-electron chi connectivity index (χ2n) is 6.32. The molecule has 1 aromatic heterocycles. The number of aromatic nitrogens is 3. The third kappa shape index (κ3) is 3.88.